The predicted octanol–water partition coefficient (Wildman–Crippen LogP) is 2.97. The summed E-state index contributed by atoms with van der Waals surface area (Å²) in [5, 5.41) is 3.19. The predicted molar refractivity (Wildman–Crippen MR) is 87.9 cm³/mol. The number of aromatic nitrogens is 3. The molecular weight excluding hydrogens is 294 g/mol. The quantitative estimate of drug-likeness (QED) is 0.801. The Labute approximate surface area is 133 Å². The van der Waals surface area contributed by atoms with Crippen LogP contribution in [-0.4, -0.2) is 35.2 Å². The van der Waals surface area contributed by atoms with Gasteiger partial charge in [0.1, 0.15) is 11.3 Å². The number of nitrogens with one attached hydrogen (secondary N) is 1. The Morgan fingerprint density at radius 3 is 2.57 bits per heavy atom. The Bertz CT molecular complexity index is 835. The molecule has 3 aromatic rings. The summed E-state index contributed by atoms with van der Waals surface area (Å²) in [6, 6.07) is 11.1. The standard InChI is InChI=1S/C16H15N5O2/c1-21(16(22)23-2)12-5-3-11(4-6-12)19-14-8-7-13-15(20-14)18-10-9-17-13/h3-10H,1-2H3,(H,18,19,20). The maximum atomic E-state index is 11.5. The number of fused-ring (bicyclic) bond motifs is 1. The van der Waals surface area contributed by atoms with Gasteiger partial charge in [-0.05, 0) is 36.4 Å². The van der Waals surface area contributed by atoms with Gasteiger partial charge in [-0.2, -0.15) is 0 Å². The summed E-state index contributed by atoms with van der Waals surface area (Å²) in [6.45, 7) is 0. The van der Waals surface area contributed by atoms with Crippen LogP contribution in [0.2, 0.25) is 0 Å². The largest absolute Gasteiger partial charge is 0.452 e. The third-order valence-electron chi connectivity index (χ3n) is 3.31. The molecule has 0 bridgehead atoms. The van der Waals surface area contributed by atoms with Crippen molar-refractivity contribution in [1.29, 1.82) is 0 Å². The van der Waals surface area contributed by atoms with Crippen LogP contribution in [-0.2, 0) is 4.74 Å². The lowest BCUT2D eigenvalue weighted by Crippen LogP contribution is -2.25. The van der Waals surface area contributed by atoms with Gasteiger partial charge in [-0.3, -0.25) is 9.88 Å². The lowest BCUT2D eigenvalue weighted by molar-refractivity contribution is 0.180. The Morgan fingerprint density at radius 1 is 1.09 bits per heavy atom. The molecule has 7 heteroatoms. The lowest BCUT2D eigenvalue weighted by atomic mass is 10.2. The van der Waals surface area contributed by atoms with Crippen molar-refractivity contribution in [2.45, 2.75) is 0 Å². The molecule has 2 heterocycles. The SMILES string of the molecule is COC(=O)N(C)c1ccc(Nc2ccc3nccnc3n2)cc1. The van der Waals surface area contributed by atoms with Crippen LogP contribution in [0.15, 0.2) is 48.8 Å². The maximum absolute atomic E-state index is 11.5. The Kier molecular flexibility index (Phi) is 4.01. The van der Waals surface area contributed by atoms with Crippen LogP contribution < -0.4 is 10.2 Å². The molecule has 0 spiro atoms. The average Bonchev–Trinajstić information content (AvgIpc) is 2.61. The fraction of sp³-hybridized carbons (Fsp3) is 0.125. The number of rotatable bonds is 3. The van der Waals surface area contributed by atoms with Crippen molar-refractivity contribution in [3.05, 3.63) is 48.8 Å². The van der Waals surface area contributed by atoms with Gasteiger partial charge in [-0.25, -0.2) is 14.8 Å². The number of ether oxygens (including phenoxy) is 1. The molecule has 7 nitrogen and oxygen atoms in total. The summed E-state index contributed by atoms with van der Waals surface area (Å²) in [5.41, 5.74) is 2.91. The first-order chi connectivity index (χ1) is 11.2. The van der Waals surface area contributed by atoms with Crippen molar-refractivity contribution in [1.82, 2.24) is 15.0 Å². The van der Waals surface area contributed by atoms with E-state index < -0.39 is 6.09 Å². The van der Waals surface area contributed by atoms with E-state index in [0.717, 1.165) is 16.9 Å². The van der Waals surface area contributed by atoms with Crippen LogP contribution in [0.5, 0.6) is 0 Å². The highest BCUT2D eigenvalue weighted by Gasteiger charge is 2.10. The van der Waals surface area contributed by atoms with Crippen molar-refractivity contribution >= 4 is 34.4 Å². The van der Waals surface area contributed by atoms with E-state index in [2.05, 4.69) is 25.0 Å². The minimum Gasteiger partial charge on any atom is -0.452 e. The van der Waals surface area contributed by atoms with Crippen LogP contribution in [0.3, 0.4) is 0 Å². The number of methoxy groups -OCH3 is 1. The fourth-order valence-electron chi connectivity index (χ4n) is 2.08. The van der Waals surface area contributed by atoms with Gasteiger partial charge in [-0.1, -0.05) is 0 Å². The Morgan fingerprint density at radius 2 is 1.83 bits per heavy atom. The number of nitrogens with zero attached hydrogens (tertiary/aromatic N) is 4. The molecule has 3 rings (SSSR count). The van der Waals surface area contributed by atoms with Crippen LogP contribution in [0.4, 0.5) is 22.0 Å². The second-order valence-corrected chi connectivity index (χ2v) is 4.80. The van der Waals surface area contributed by atoms with E-state index in [4.69, 9.17) is 0 Å². The monoisotopic (exact) mass is 309 g/mol. The minimum atomic E-state index is -0.416. The molecule has 0 aliphatic heterocycles. The molecule has 0 radical (unpaired) electrons. The zero-order valence-electron chi connectivity index (χ0n) is 12.7. The molecule has 1 amide bonds. The van der Waals surface area contributed by atoms with Gasteiger partial charge in [0.15, 0.2) is 5.65 Å². The van der Waals surface area contributed by atoms with E-state index in [1.54, 1.807) is 19.4 Å². The van der Waals surface area contributed by atoms with Crippen LogP contribution in [0, 0.1) is 0 Å². The molecule has 0 atom stereocenters. The van der Waals surface area contributed by atoms with Crippen molar-refractivity contribution in [2.75, 3.05) is 24.4 Å². The lowest BCUT2D eigenvalue weighted by Gasteiger charge is -2.16. The number of anilines is 3. The van der Waals surface area contributed by atoms with Crippen molar-refractivity contribution < 1.29 is 9.53 Å². The molecule has 0 saturated heterocycles. The van der Waals surface area contributed by atoms with Crippen LogP contribution >= 0.6 is 0 Å². The molecule has 0 fully saturated rings. The summed E-state index contributed by atoms with van der Waals surface area (Å²) in [6.07, 6.45) is 2.82. The first-order valence-corrected chi connectivity index (χ1v) is 6.94. The van der Waals surface area contributed by atoms with Gasteiger partial charge in [0.2, 0.25) is 0 Å². The van der Waals surface area contributed by atoms with E-state index in [9.17, 15) is 4.79 Å². The highest BCUT2D eigenvalue weighted by molar-refractivity contribution is 5.87. The topological polar surface area (TPSA) is 80.2 Å². The molecule has 0 aliphatic rings. The third kappa shape index (κ3) is 3.18. The number of carbonyl (C=O) groups excluding carboxylic acids is 1. The summed E-state index contributed by atoms with van der Waals surface area (Å²) in [7, 11) is 3.00. The second-order valence-electron chi connectivity index (χ2n) is 4.80. The van der Waals surface area contributed by atoms with Gasteiger partial charge in [0, 0.05) is 30.8 Å². The Hall–Kier alpha value is -3.22. The zero-order chi connectivity index (χ0) is 16.2. The molecule has 0 saturated carbocycles. The number of benzene rings is 1. The smallest absolute Gasteiger partial charge is 0.413 e. The summed E-state index contributed by atoms with van der Waals surface area (Å²) in [4.78, 5) is 25.7. The van der Waals surface area contributed by atoms with Gasteiger partial charge < -0.3 is 10.1 Å². The Balaban J connectivity index is 1.78. The number of hydrogen-bond acceptors (Lipinski definition) is 6. The van der Waals surface area contributed by atoms with Crippen LogP contribution in [0.25, 0.3) is 11.2 Å². The molecule has 23 heavy (non-hydrogen) atoms. The van der Waals surface area contributed by atoms with Crippen LogP contribution in [0.1, 0.15) is 0 Å². The first kappa shape index (κ1) is 14.7. The van der Waals surface area contributed by atoms with E-state index >= 15 is 0 Å². The molecule has 0 unspecified atom stereocenters. The number of carbonyl (C=O) groups is 1. The molecular formula is C16H15N5O2. The molecule has 2 aromatic heterocycles. The zero-order valence-corrected chi connectivity index (χ0v) is 12.7. The molecule has 116 valence electrons. The van der Waals surface area contributed by atoms with Gasteiger partial charge in [0.05, 0.1) is 7.11 Å². The highest BCUT2D eigenvalue weighted by atomic mass is 16.5. The van der Waals surface area contributed by atoms with E-state index in [0.29, 0.717) is 11.5 Å². The van der Waals surface area contributed by atoms with Crippen molar-refractivity contribution in [2.24, 2.45) is 0 Å². The van der Waals surface area contributed by atoms with Gasteiger partial charge >= 0.3 is 6.09 Å². The van der Waals surface area contributed by atoms with E-state index in [1.165, 1.54) is 12.0 Å². The first-order valence-electron chi connectivity index (χ1n) is 6.94. The van der Waals surface area contributed by atoms with E-state index in [1.807, 2.05) is 36.4 Å². The average molecular weight is 309 g/mol. The normalized spacial score (nSPS) is 10.3. The maximum Gasteiger partial charge on any atom is 0.413 e. The fourth-order valence-corrected chi connectivity index (χ4v) is 2.08. The molecule has 0 aliphatic carbocycles. The summed E-state index contributed by atoms with van der Waals surface area (Å²) < 4.78 is 4.68. The number of amides is 1. The van der Waals surface area contributed by atoms with Gasteiger partial charge in [0.25, 0.3) is 0 Å². The molecule has 1 aromatic carbocycles. The van der Waals surface area contributed by atoms with Gasteiger partial charge in [-0.15, -0.1) is 0 Å². The third-order valence-corrected chi connectivity index (χ3v) is 3.31. The minimum absolute atomic E-state index is 0.416. The number of hydrogen-bond donors (Lipinski definition) is 1. The highest BCUT2D eigenvalue weighted by Crippen LogP contribution is 2.21. The van der Waals surface area contributed by atoms with Crippen molar-refractivity contribution in [3.8, 4) is 0 Å². The summed E-state index contributed by atoms with van der Waals surface area (Å²) in [5.74, 6) is 0.673. The number of pyridine rings is 1. The second kappa shape index (κ2) is 6.27. The van der Waals surface area contributed by atoms with Crippen molar-refractivity contribution in [3.63, 3.8) is 0 Å². The van der Waals surface area contributed by atoms with E-state index in [-0.39, 0.29) is 0 Å². The molecule has 1 N–H and O–H groups in total. The summed E-state index contributed by atoms with van der Waals surface area (Å²) >= 11 is 0.